The maximum absolute atomic E-state index is 12.6. The van der Waals surface area contributed by atoms with E-state index in [1.54, 1.807) is 29.1 Å². The number of nitrogens with one attached hydrogen (secondary N) is 2. The number of hydrogen-bond donors (Lipinski definition) is 2. The van der Waals surface area contributed by atoms with Crippen LogP contribution < -0.4 is 5.32 Å². The van der Waals surface area contributed by atoms with Crippen LogP contribution in [0.2, 0.25) is 5.02 Å². The fraction of sp³-hybridized carbons (Fsp3) is 0.0500. The van der Waals surface area contributed by atoms with Crippen molar-refractivity contribution >= 4 is 23.2 Å². The van der Waals surface area contributed by atoms with Gasteiger partial charge in [0.05, 0.1) is 12.2 Å². The number of aromatic amines is 1. The summed E-state index contributed by atoms with van der Waals surface area (Å²) < 4.78 is 1.80. The van der Waals surface area contributed by atoms with Gasteiger partial charge in [0.1, 0.15) is 5.69 Å². The molecule has 4 rings (SSSR count). The van der Waals surface area contributed by atoms with Gasteiger partial charge in [-0.2, -0.15) is 10.2 Å². The van der Waals surface area contributed by atoms with Crippen molar-refractivity contribution < 1.29 is 4.79 Å². The monoisotopic (exact) mass is 377 g/mol. The number of halogens is 1. The Balaban J connectivity index is 1.53. The van der Waals surface area contributed by atoms with Crippen LogP contribution in [0, 0.1) is 0 Å². The second-order valence-corrected chi connectivity index (χ2v) is 6.43. The molecule has 1 amide bonds. The summed E-state index contributed by atoms with van der Waals surface area (Å²) in [7, 11) is 0. The lowest BCUT2D eigenvalue weighted by Crippen LogP contribution is -2.14. The third kappa shape index (κ3) is 3.91. The van der Waals surface area contributed by atoms with Crippen LogP contribution in [0.3, 0.4) is 0 Å². The van der Waals surface area contributed by atoms with Crippen LogP contribution in [-0.2, 0) is 6.54 Å². The molecule has 2 aromatic carbocycles. The first-order valence-electron chi connectivity index (χ1n) is 8.37. The van der Waals surface area contributed by atoms with Crippen molar-refractivity contribution in [2.24, 2.45) is 0 Å². The number of carbonyl (C=O) groups excluding carboxylic acids is 1. The number of benzene rings is 2. The zero-order valence-corrected chi connectivity index (χ0v) is 15.0. The molecule has 0 atom stereocenters. The van der Waals surface area contributed by atoms with Gasteiger partial charge in [-0.1, -0.05) is 41.9 Å². The van der Waals surface area contributed by atoms with Gasteiger partial charge in [0.25, 0.3) is 5.91 Å². The number of para-hydroxylation sites is 1. The standard InChI is InChI=1S/C20H16ClN5O/c21-16-7-3-6-14(11-16)18-12-19(25-24-18)20(27)23-17-8-2-1-5-15(17)13-26-10-4-9-22-26/h1-12H,13H2,(H,23,27)(H,24,25). The summed E-state index contributed by atoms with van der Waals surface area (Å²) in [6.07, 6.45) is 3.61. The lowest BCUT2D eigenvalue weighted by molar-refractivity contribution is 0.102. The lowest BCUT2D eigenvalue weighted by Gasteiger charge is -2.10. The van der Waals surface area contributed by atoms with Crippen LogP contribution in [0.4, 0.5) is 5.69 Å². The number of amides is 1. The highest BCUT2D eigenvalue weighted by atomic mass is 35.5. The van der Waals surface area contributed by atoms with E-state index in [9.17, 15) is 4.79 Å². The van der Waals surface area contributed by atoms with Crippen molar-refractivity contribution in [2.45, 2.75) is 6.54 Å². The zero-order valence-electron chi connectivity index (χ0n) is 14.3. The fourth-order valence-corrected chi connectivity index (χ4v) is 2.96. The maximum Gasteiger partial charge on any atom is 0.273 e. The highest BCUT2D eigenvalue weighted by Crippen LogP contribution is 2.22. The molecule has 2 N–H and O–H groups in total. The highest BCUT2D eigenvalue weighted by molar-refractivity contribution is 6.30. The summed E-state index contributed by atoms with van der Waals surface area (Å²) in [4.78, 5) is 12.6. The molecular formula is C20H16ClN5O. The summed E-state index contributed by atoms with van der Waals surface area (Å²) in [6, 6.07) is 18.5. The Morgan fingerprint density at radius 2 is 2.00 bits per heavy atom. The summed E-state index contributed by atoms with van der Waals surface area (Å²) >= 11 is 6.02. The Labute approximate surface area is 160 Å². The summed E-state index contributed by atoms with van der Waals surface area (Å²) in [5.74, 6) is -0.260. The van der Waals surface area contributed by atoms with Crippen molar-refractivity contribution in [3.05, 3.63) is 89.3 Å². The molecule has 0 fully saturated rings. The SMILES string of the molecule is O=C(Nc1ccccc1Cn1cccn1)c1cc(-c2cccc(Cl)c2)n[nH]1. The molecule has 0 aliphatic rings. The predicted octanol–water partition coefficient (Wildman–Crippen LogP) is 4.23. The van der Waals surface area contributed by atoms with Gasteiger partial charge >= 0.3 is 0 Å². The van der Waals surface area contributed by atoms with E-state index in [0.29, 0.717) is 23.0 Å². The fourth-order valence-electron chi connectivity index (χ4n) is 2.77. The minimum Gasteiger partial charge on any atom is -0.320 e. The molecule has 0 aliphatic carbocycles. The second-order valence-electron chi connectivity index (χ2n) is 5.99. The number of aromatic nitrogens is 4. The van der Waals surface area contributed by atoms with E-state index in [1.807, 2.05) is 48.7 Å². The first-order chi connectivity index (χ1) is 13.2. The molecule has 2 heterocycles. The number of anilines is 1. The predicted molar refractivity (Wildman–Crippen MR) is 105 cm³/mol. The molecule has 0 unspecified atom stereocenters. The minimum absolute atomic E-state index is 0.260. The van der Waals surface area contributed by atoms with E-state index in [2.05, 4.69) is 20.6 Å². The first-order valence-corrected chi connectivity index (χ1v) is 8.75. The Kier molecular flexibility index (Phi) is 4.72. The van der Waals surface area contributed by atoms with E-state index >= 15 is 0 Å². The molecule has 0 radical (unpaired) electrons. The molecular weight excluding hydrogens is 362 g/mol. The van der Waals surface area contributed by atoms with Crippen molar-refractivity contribution in [1.82, 2.24) is 20.0 Å². The number of H-pyrrole nitrogens is 1. The van der Waals surface area contributed by atoms with Crippen molar-refractivity contribution in [1.29, 1.82) is 0 Å². The third-order valence-corrected chi connectivity index (χ3v) is 4.34. The average Bonchev–Trinajstić information content (AvgIpc) is 3.35. The number of carbonyl (C=O) groups is 1. The Bertz CT molecular complexity index is 1070. The zero-order chi connectivity index (χ0) is 18.6. The second kappa shape index (κ2) is 7.47. The van der Waals surface area contributed by atoms with Crippen LogP contribution in [0.5, 0.6) is 0 Å². The first kappa shape index (κ1) is 17.1. The molecule has 7 heteroatoms. The van der Waals surface area contributed by atoms with E-state index in [1.165, 1.54) is 0 Å². The van der Waals surface area contributed by atoms with Gasteiger partial charge in [0, 0.05) is 28.7 Å². The Morgan fingerprint density at radius 1 is 1.11 bits per heavy atom. The summed E-state index contributed by atoms with van der Waals surface area (Å²) in [6.45, 7) is 0.570. The number of hydrogen-bond acceptors (Lipinski definition) is 3. The van der Waals surface area contributed by atoms with Crippen LogP contribution >= 0.6 is 11.6 Å². The van der Waals surface area contributed by atoms with Gasteiger partial charge in [-0.05, 0) is 35.9 Å². The van der Waals surface area contributed by atoms with Crippen LogP contribution in [0.25, 0.3) is 11.3 Å². The van der Waals surface area contributed by atoms with Crippen LogP contribution in [0.15, 0.2) is 73.1 Å². The molecule has 0 aliphatic heterocycles. The lowest BCUT2D eigenvalue weighted by atomic mass is 10.1. The minimum atomic E-state index is -0.260. The van der Waals surface area contributed by atoms with Crippen LogP contribution in [-0.4, -0.2) is 25.9 Å². The van der Waals surface area contributed by atoms with Gasteiger partial charge < -0.3 is 5.32 Å². The van der Waals surface area contributed by atoms with Crippen molar-refractivity contribution in [3.63, 3.8) is 0 Å². The third-order valence-electron chi connectivity index (χ3n) is 4.10. The van der Waals surface area contributed by atoms with Gasteiger partial charge in [-0.15, -0.1) is 0 Å². The highest BCUT2D eigenvalue weighted by Gasteiger charge is 2.13. The topological polar surface area (TPSA) is 75.6 Å². The van der Waals surface area contributed by atoms with Crippen molar-refractivity contribution in [2.75, 3.05) is 5.32 Å². The van der Waals surface area contributed by atoms with E-state index in [4.69, 9.17) is 11.6 Å². The molecule has 6 nitrogen and oxygen atoms in total. The molecule has 134 valence electrons. The van der Waals surface area contributed by atoms with E-state index in [0.717, 1.165) is 16.8 Å². The summed E-state index contributed by atoms with van der Waals surface area (Å²) in [5, 5.41) is 14.8. The van der Waals surface area contributed by atoms with Gasteiger partial charge in [-0.25, -0.2) is 0 Å². The summed E-state index contributed by atoms with van der Waals surface area (Å²) in [5.41, 5.74) is 3.57. The van der Waals surface area contributed by atoms with Crippen LogP contribution in [0.1, 0.15) is 16.1 Å². The molecule has 0 spiro atoms. The number of nitrogens with zero attached hydrogens (tertiary/aromatic N) is 3. The molecule has 0 saturated carbocycles. The largest absolute Gasteiger partial charge is 0.320 e. The maximum atomic E-state index is 12.6. The normalized spacial score (nSPS) is 10.7. The molecule has 2 aromatic heterocycles. The quantitative estimate of drug-likeness (QED) is 0.546. The van der Waals surface area contributed by atoms with E-state index in [-0.39, 0.29) is 5.91 Å². The van der Waals surface area contributed by atoms with E-state index < -0.39 is 0 Å². The van der Waals surface area contributed by atoms with Crippen molar-refractivity contribution in [3.8, 4) is 11.3 Å². The van der Waals surface area contributed by atoms with Gasteiger partial charge in [0.15, 0.2) is 0 Å². The molecule has 4 aromatic rings. The molecule has 27 heavy (non-hydrogen) atoms. The molecule has 0 saturated heterocycles. The Morgan fingerprint density at radius 3 is 2.81 bits per heavy atom. The Hall–Kier alpha value is -3.38. The molecule has 0 bridgehead atoms. The smallest absolute Gasteiger partial charge is 0.273 e. The number of rotatable bonds is 5. The average molecular weight is 378 g/mol. The van der Waals surface area contributed by atoms with Gasteiger partial charge in [-0.3, -0.25) is 14.6 Å². The van der Waals surface area contributed by atoms with Gasteiger partial charge in [0.2, 0.25) is 0 Å².